The van der Waals surface area contributed by atoms with Crippen LogP contribution in [0, 0.1) is 0 Å². The Bertz CT molecular complexity index is 480. The van der Waals surface area contributed by atoms with E-state index in [1.807, 2.05) is 32.9 Å². The number of halogens is 1. The SMILES string of the molecule is CCOc1cc(CN)cc(Br)c1OCC(=O)NC(C)CC. The van der Waals surface area contributed by atoms with Gasteiger partial charge in [0.2, 0.25) is 0 Å². The van der Waals surface area contributed by atoms with Gasteiger partial charge in [-0.3, -0.25) is 4.79 Å². The zero-order chi connectivity index (χ0) is 15.8. The first-order valence-corrected chi connectivity index (χ1v) is 7.88. The minimum Gasteiger partial charge on any atom is -0.490 e. The van der Waals surface area contributed by atoms with Gasteiger partial charge in [0, 0.05) is 12.6 Å². The Labute approximate surface area is 134 Å². The molecule has 1 rings (SSSR count). The summed E-state index contributed by atoms with van der Waals surface area (Å²) < 4.78 is 11.9. The smallest absolute Gasteiger partial charge is 0.258 e. The van der Waals surface area contributed by atoms with Crippen LogP contribution >= 0.6 is 15.9 Å². The third kappa shape index (κ3) is 5.55. The summed E-state index contributed by atoms with van der Waals surface area (Å²) in [7, 11) is 0. The predicted octanol–water partition coefficient (Wildman–Crippen LogP) is 2.60. The van der Waals surface area contributed by atoms with Gasteiger partial charge in [-0.1, -0.05) is 6.92 Å². The van der Waals surface area contributed by atoms with E-state index < -0.39 is 0 Å². The number of carbonyl (C=O) groups excluding carboxylic acids is 1. The molecule has 0 spiro atoms. The van der Waals surface area contributed by atoms with Crippen LogP contribution in [-0.4, -0.2) is 25.2 Å². The molecule has 1 amide bonds. The van der Waals surface area contributed by atoms with Crippen LogP contribution in [0.2, 0.25) is 0 Å². The molecule has 0 saturated carbocycles. The largest absolute Gasteiger partial charge is 0.490 e. The first kappa shape index (κ1) is 17.8. The van der Waals surface area contributed by atoms with Crippen LogP contribution in [0.1, 0.15) is 32.8 Å². The van der Waals surface area contributed by atoms with Crippen molar-refractivity contribution >= 4 is 21.8 Å². The van der Waals surface area contributed by atoms with Gasteiger partial charge in [0.25, 0.3) is 5.91 Å². The van der Waals surface area contributed by atoms with Crippen LogP contribution in [-0.2, 0) is 11.3 Å². The van der Waals surface area contributed by atoms with Crippen molar-refractivity contribution in [2.75, 3.05) is 13.2 Å². The number of benzene rings is 1. The molecule has 0 aromatic heterocycles. The lowest BCUT2D eigenvalue weighted by Crippen LogP contribution is -2.35. The summed E-state index contributed by atoms with van der Waals surface area (Å²) >= 11 is 3.43. The minimum absolute atomic E-state index is 0.0506. The molecule has 0 aliphatic carbocycles. The van der Waals surface area contributed by atoms with Gasteiger partial charge in [-0.25, -0.2) is 0 Å². The molecule has 5 nitrogen and oxygen atoms in total. The first-order chi connectivity index (χ1) is 10.0. The number of nitrogens with two attached hydrogens (primary N) is 1. The van der Waals surface area contributed by atoms with Crippen LogP contribution in [0.3, 0.4) is 0 Å². The summed E-state index contributed by atoms with van der Waals surface area (Å²) in [6.45, 7) is 6.73. The summed E-state index contributed by atoms with van der Waals surface area (Å²) in [5, 5.41) is 2.85. The lowest BCUT2D eigenvalue weighted by atomic mass is 10.2. The fraction of sp³-hybridized carbons (Fsp3) is 0.533. The Morgan fingerprint density at radius 3 is 2.67 bits per heavy atom. The molecule has 0 bridgehead atoms. The van der Waals surface area contributed by atoms with Crippen molar-refractivity contribution in [2.45, 2.75) is 39.8 Å². The Hall–Kier alpha value is -1.27. The van der Waals surface area contributed by atoms with Crippen molar-refractivity contribution in [3.63, 3.8) is 0 Å². The lowest BCUT2D eigenvalue weighted by Gasteiger charge is -2.16. The zero-order valence-electron chi connectivity index (χ0n) is 12.7. The quantitative estimate of drug-likeness (QED) is 0.748. The van der Waals surface area contributed by atoms with Crippen LogP contribution in [0.25, 0.3) is 0 Å². The molecule has 3 N–H and O–H groups in total. The summed E-state index contributed by atoms with van der Waals surface area (Å²) in [6, 6.07) is 3.83. The van der Waals surface area contributed by atoms with E-state index in [1.165, 1.54) is 0 Å². The molecule has 0 saturated heterocycles. The second-order valence-corrected chi connectivity index (χ2v) is 5.56. The fourth-order valence-electron chi connectivity index (χ4n) is 1.70. The van der Waals surface area contributed by atoms with E-state index >= 15 is 0 Å². The molecule has 0 aliphatic rings. The maximum Gasteiger partial charge on any atom is 0.258 e. The van der Waals surface area contributed by atoms with Crippen molar-refractivity contribution in [3.05, 3.63) is 22.2 Å². The second-order valence-electron chi connectivity index (χ2n) is 4.71. The van der Waals surface area contributed by atoms with Crippen molar-refractivity contribution in [1.29, 1.82) is 0 Å². The molecule has 0 heterocycles. The molecule has 21 heavy (non-hydrogen) atoms. The average molecular weight is 359 g/mol. The van der Waals surface area contributed by atoms with E-state index in [1.54, 1.807) is 0 Å². The lowest BCUT2D eigenvalue weighted by molar-refractivity contribution is -0.123. The molecule has 6 heteroatoms. The summed E-state index contributed by atoms with van der Waals surface area (Å²) in [4.78, 5) is 11.8. The normalized spacial score (nSPS) is 11.9. The number of ether oxygens (including phenoxy) is 2. The Morgan fingerprint density at radius 1 is 1.38 bits per heavy atom. The number of amides is 1. The Balaban J connectivity index is 2.79. The molecule has 1 aromatic carbocycles. The maximum atomic E-state index is 11.8. The van der Waals surface area contributed by atoms with Crippen LogP contribution < -0.4 is 20.5 Å². The zero-order valence-corrected chi connectivity index (χ0v) is 14.3. The van der Waals surface area contributed by atoms with E-state index in [4.69, 9.17) is 15.2 Å². The van der Waals surface area contributed by atoms with E-state index in [2.05, 4.69) is 21.2 Å². The maximum absolute atomic E-state index is 11.8. The van der Waals surface area contributed by atoms with Gasteiger partial charge >= 0.3 is 0 Å². The van der Waals surface area contributed by atoms with Crippen LogP contribution in [0.5, 0.6) is 11.5 Å². The van der Waals surface area contributed by atoms with Gasteiger partial charge in [0.1, 0.15) is 0 Å². The van der Waals surface area contributed by atoms with Gasteiger partial charge in [-0.05, 0) is 53.9 Å². The summed E-state index contributed by atoms with van der Waals surface area (Å²) in [5.74, 6) is 0.957. The van der Waals surface area contributed by atoms with Crippen LogP contribution in [0.15, 0.2) is 16.6 Å². The van der Waals surface area contributed by atoms with Gasteiger partial charge in [0.15, 0.2) is 18.1 Å². The predicted molar refractivity (Wildman–Crippen MR) is 86.6 cm³/mol. The molecule has 1 atom stereocenters. The number of hydrogen-bond acceptors (Lipinski definition) is 4. The highest BCUT2D eigenvalue weighted by Crippen LogP contribution is 2.36. The highest BCUT2D eigenvalue weighted by Gasteiger charge is 2.14. The topological polar surface area (TPSA) is 73.6 Å². The van der Waals surface area contributed by atoms with Crippen molar-refractivity contribution < 1.29 is 14.3 Å². The van der Waals surface area contributed by atoms with E-state index in [9.17, 15) is 4.79 Å². The van der Waals surface area contributed by atoms with E-state index in [-0.39, 0.29) is 18.6 Å². The van der Waals surface area contributed by atoms with E-state index in [0.717, 1.165) is 16.5 Å². The Kier molecular flexibility index (Phi) is 7.53. The Morgan fingerprint density at radius 2 is 2.10 bits per heavy atom. The second kappa shape index (κ2) is 8.89. The molecule has 0 fully saturated rings. The highest BCUT2D eigenvalue weighted by atomic mass is 79.9. The standard InChI is InChI=1S/C15H23BrN2O3/c1-4-10(3)18-14(19)9-21-15-12(16)6-11(8-17)7-13(15)20-5-2/h6-7,10H,4-5,8-9,17H2,1-3H3,(H,18,19). The van der Waals surface area contributed by atoms with Gasteiger partial charge < -0.3 is 20.5 Å². The molecule has 0 radical (unpaired) electrons. The molecular weight excluding hydrogens is 336 g/mol. The number of carbonyl (C=O) groups is 1. The summed E-state index contributed by atoms with van der Waals surface area (Å²) in [5.41, 5.74) is 6.58. The van der Waals surface area contributed by atoms with Crippen molar-refractivity contribution in [3.8, 4) is 11.5 Å². The van der Waals surface area contributed by atoms with Gasteiger partial charge in [0.05, 0.1) is 11.1 Å². The third-order valence-corrected chi connectivity index (χ3v) is 3.56. The minimum atomic E-state index is -0.151. The number of rotatable bonds is 8. The average Bonchev–Trinajstić information content (AvgIpc) is 2.46. The molecule has 0 aliphatic heterocycles. The fourth-order valence-corrected chi connectivity index (χ4v) is 2.30. The number of nitrogens with one attached hydrogen (secondary N) is 1. The molecule has 1 unspecified atom stereocenters. The van der Waals surface area contributed by atoms with Crippen LogP contribution in [0.4, 0.5) is 0 Å². The van der Waals surface area contributed by atoms with Crippen molar-refractivity contribution in [2.24, 2.45) is 5.73 Å². The first-order valence-electron chi connectivity index (χ1n) is 7.09. The molecule has 118 valence electrons. The highest BCUT2D eigenvalue weighted by molar-refractivity contribution is 9.10. The van der Waals surface area contributed by atoms with Gasteiger partial charge in [-0.2, -0.15) is 0 Å². The van der Waals surface area contributed by atoms with E-state index in [0.29, 0.717) is 24.7 Å². The molecule has 1 aromatic rings. The number of hydrogen-bond donors (Lipinski definition) is 2. The van der Waals surface area contributed by atoms with Gasteiger partial charge in [-0.15, -0.1) is 0 Å². The summed E-state index contributed by atoms with van der Waals surface area (Å²) in [6.07, 6.45) is 0.880. The monoisotopic (exact) mass is 358 g/mol. The third-order valence-electron chi connectivity index (χ3n) is 2.97. The van der Waals surface area contributed by atoms with Crippen molar-refractivity contribution in [1.82, 2.24) is 5.32 Å². The molecular formula is C15H23BrN2O3.